The van der Waals surface area contributed by atoms with Crippen molar-refractivity contribution in [3.63, 3.8) is 0 Å². The summed E-state index contributed by atoms with van der Waals surface area (Å²) in [6, 6.07) is 9.45. The third kappa shape index (κ3) is 7.96. The number of nitrogens with one attached hydrogen (secondary N) is 1. The van der Waals surface area contributed by atoms with E-state index in [0.29, 0.717) is 48.2 Å². The molecule has 1 amide bonds. The van der Waals surface area contributed by atoms with Gasteiger partial charge >= 0.3 is 0 Å². The SMILES string of the molecule is C[C@@H]1[C@@H](C)CCC[C@H]([C@H]2OC[C@@H](N(C)C)CO2)[C@@H]2CC[C@H]2CN2CCCCc3cc(Cl)ccc3COc3ccc(nc32)C(=O)NS1(=O)=O. The van der Waals surface area contributed by atoms with Crippen LogP contribution < -0.4 is 14.4 Å². The first-order valence-corrected chi connectivity index (χ1v) is 19.5. The maximum atomic E-state index is 13.4. The number of aromatic nitrogens is 1. The molecule has 1 aromatic heterocycles. The monoisotopic (exact) mass is 702 g/mol. The van der Waals surface area contributed by atoms with E-state index in [-0.39, 0.29) is 29.9 Å². The quantitative estimate of drug-likeness (QED) is 0.423. The number of hydrogen-bond donors (Lipinski definition) is 1. The number of rotatable bonds is 2. The van der Waals surface area contributed by atoms with Gasteiger partial charge in [0.15, 0.2) is 17.9 Å². The molecule has 2 fully saturated rings. The van der Waals surface area contributed by atoms with Gasteiger partial charge in [0.25, 0.3) is 5.91 Å². The highest BCUT2D eigenvalue weighted by Gasteiger charge is 2.44. The Hall–Kier alpha value is -2.44. The average molecular weight is 703 g/mol. The minimum absolute atomic E-state index is 0.0578. The predicted molar refractivity (Wildman–Crippen MR) is 187 cm³/mol. The van der Waals surface area contributed by atoms with E-state index < -0.39 is 21.2 Å². The summed E-state index contributed by atoms with van der Waals surface area (Å²) in [5, 5.41) is -0.0413. The second-order valence-electron chi connectivity index (χ2n) is 14.5. The molecule has 4 heterocycles. The molecule has 1 saturated heterocycles. The number of likely N-dealkylation sites (N-methyl/N-ethyl adjacent to an activating group) is 1. The molecular weight excluding hydrogens is 652 g/mol. The highest BCUT2D eigenvalue weighted by Crippen LogP contribution is 2.46. The van der Waals surface area contributed by atoms with Crippen LogP contribution in [0.5, 0.6) is 5.75 Å². The number of ether oxygens (including phenoxy) is 3. The van der Waals surface area contributed by atoms with Gasteiger partial charge in [-0.3, -0.25) is 4.79 Å². The number of nitrogens with zero attached hydrogens (tertiary/aromatic N) is 3. The fourth-order valence-electron chi connectivity index (χ4n) is 7.69. The topological polar surface area (TPSA) is 110 Å². The molecular formula is C36H51ClN4O6S. The number of amides is 1. The summed E-state index contributed by atoms with van der Waals surface area (Å²) < 4.78 is 48.5. The molecule has 10 nitrogen and oxygen atoms in total. The van der Waals surface area contributed by atoms with Crippen LogP contribution in [0.15, 0.2) is 30.3 Å². The number of anilines is 1. The molecule has 1 aromatic carbocycles. The lowest BCUT2D eigenvalue weighted by Gasteiger charge is -2.48. The molecule has 12 heteroatoms. The van der Waals surface area contributed by atoms with Crippen molar-refractivity contribution in [3.05, 3.63) is 52.2 Å². The first kappa shape index (κ1) is 35.4. The molecule has 2 bridgehead atoms. The Labute approximate surface area is 290 Å². The van der Waals surface area contributed by atoms with Crippen LogP contribution in [0.4, 0.5) is 5.82 Å². The van der Waals surface area contributed by atoms with Gasteiger partial charge in [-0.05, 0) is 119 Å². The van der Waals surface area contributed by atoms with Crippen molar-refractivity contribution in [1.82, 2.24) is 14.6 Å². The van der Waals surface area contributed by atoms with Crippen molar-refractivity contribution in [2.24, 2.45) is 23.7 Å². The molecule has 1 aliphatic carbocycles. The lowest BCUT2D eigenvalue weighted by Crippen LogP contribution is -2.50. The molecule has 6 rings (SSSR count). The van der Waals surface area contributed by atoms with Crippen LogP contribution in [0.1, 0.15) is 80.4 Å². The van der Waals surface area contributed by atoms with Crippen LogP contribution in [0.25, 0.3) is 0 Å². The van der Waals surface area contributed by atoms with Gasteiger partial charge in [-0.25, -0.2) is 18.1 Å². The number of carbonyl (C=O) groups is 1. The van der Waals surface area contributed by atoms with Crippen molar-refractivity contribution in [3.8, 4) is 5.75 Å². The van der Waals surface area contributed by atoms with Crippen LogP contribution in [0.2, 0.25) is 5.02 Å². The number of carbonyl (C=O) groups excluding carboxylic acids is 1. The molecule has 3 aliphatic heterocycles. The summed E-state index contributed by atoms with van der Waals surface area (Å²) in [4.78, 5) is 22.7. The Kier molecular flexibility index (Phi) is 11.2. The van der Waals surface area contributed by atoms with Gasteiger partial charge < -0.3 is 24.0 Å². The summed E-state index contributed by atoms with van der Waals surface area (Å²) in [6.07, 6.45) is 7.15. The largest absolute Gasteiger partial charge is 0.485 e. The van der Waals surface area contributed by atoms with E-state index >= 15 is 0 Å². The van der Waals surface area contributed by atoms with E-state index in [1.807, 2.05) is 25.1 Å². The Balaban J connectivity index is 1.35. The van der Waals surface area contributed by atoms with E-state index in [1.54, 1.807) is 19.1 Å². The smallest absolute Gasteiger partial charge is 0.283 e. The Morgan fingerprint density at radius 1 is 0.958 bits per heavy atom. The van der Waals surface area contributed by atoms with Crippen molar-refractivity contribution >= 4 is 33.3 Å². The Bertz CT molecular complexity index is 1550. The number of aryl methyl sites for hydroxylation is 1. The molecule has 0 spiro atoms. The summed E-state index contributed by atoms with van der Waals surface area (Å²) in [5.74, 6) is 1.28. The van der Waals surface area contributed by atoms with Gasteiger partial charge in [-0.1, -0.05) is 31.0 Å². The number of sulfonamides is 1. The minimum Gasteiger partial charge on any atom is -0.485 e. The van der Waals surface area contributed by atoms with Crippen molar-refractivity contribution < 1.29 is 27.4 Å². The molecule has 48 heavy (non-hydrogen) atoms. The van der Waals surface area contributed by atoms with Crippen LogP contribution in [0.3, 0.4) is 0 Å². The standard InChI is InChI=1S/C36H51ClN4O6S/c1-23-8-7-10-31(36-46-21-29(22-47-36)40(3)4)30-14-12-26(30)19-41-17-6-5-9-25-18-28(37)13-11-27(25)20-45-33-16-15-32(38-34(33)41)35(42)39-48(43,44)24(23)2/h11,13,15-16,18,23-24,26,29-31,36H,5-10,12,14,17,19-22H2,1-4H3,(H,39,42)/t23-,24+,26-,29-,30+,31-,36+/m0/s1. The van der Waals surface area contributed by atoms with Gasteiger partial charge in [0.1, 0.15) is 12.3 Å². The molecule has 0 unspecified atom stereocenters. The van der Waals surface area contributed by atoms with Gasteiger partial charge in [0.05, 0.1) is 24.5 Å². The fraction of sp³-hybridized carbons (Fsp3) is 0.667. The lowest BCUT2D eigenvalue weighted by molar-refractivity contribution is -0.240. The van der Waals surface area contributed by atoms with Gasteiger partial charge in [0, 0.05) is 24.0 Å². The average Bonchev–Trinajstić information content (AvgIpc) is 3.08. The fourth-order valence-corrected chi connectivity index (χ4v) is 9.18. The van der Waals surface area contributed by atoms with E-state index in [2.05, 4.69) is 28.6 Å². The van der Waals surface area contributed by atoms with Crippen LogP contribution >= 0.6 is 11.6 Å². The van der Waals surface area contributed by atoms with E-state index in [1.165, 1.54) is 5.56 Å². The molecule has 1 saturated carbocycles. The summed E-state index contributed by atoms with van der Waals surface area (Å²) >= 11 is 6.36. The van der Waals surface area contributed by atoms with Gasteiger partial charge in [-0.2, -0.15) is 0 Å². The summed E-state index contributed by atoms with van der Waals surface area (Å²) in [6.45, 7) is 6.72. The van der Waals surface area contributed by atoms with Crippen LogP contribution in [0, 0.1) is 23.7 Å². The molecule has 0 radical (unpaired) electrons. The molecule has 1 N–H and O–H groups in total. The van der Waals surface area contributed by atoms with E-state index in [4.69, 9.17) is 30.8 Å². The number of pyridine rings is 1. The first-order valence-electron chi connectivity index (χ1n) is 17.6. The second-order valence-corrected chi connectivity index (χ2v) is 17.0. The minimum atomic E-state index is -3.94. The third-order valence-corrected chi connectivity index (χ3v) is 13.4. The number of benzene rings is 1. The Morgan fingerprint density at radius 3 is 2.48 bits per heavy atom. The van der Waals surface area contributed by atoms with Crippen molar-refractivity contribution in [1.29, 1.82) is 0 Å². The Morgan fingerprint density at radius 2 is 1.75 bits per heavy atom. The van der Waals surface area contributed by atoms with Crippen molar-refractivity contribution in [2.45, 2.75) is 89.4 Å². The maximum absolute atomic E-state index is 13.4. The number of fused-ring (bicyclic) bond motifs is 3. The predicted octanol–water partition coefficient (Wildman–Crippen LogP) is 5.67. The number of hydrogen-bond acceptors (Lipinski definition) is 9. The first-order chi connectivity index (χ1) is 23.0. The normalized spacial score (nSPS) is 31.7. The number of halogens is 1. The van der Waals surface area contributed by atoms with E-state index in [0.717, 1.165) is 70.0 Å². The van der Waals surface area contributed by atoms with Gasteiger partial charge in [0.2, 0.25) is 10.0 Å². The zero-order chi connectivity index (χ0) is 34.0. The maximum Gasteiger partial charge on any atom is 0.283 e. The van der Waals surface area contributed by atoms with Gasteiger partial charge in [-0.15, -0.1) is 0 Å². The van der Waals surface area contributed by atoms with Crippen molar-refractivity contribution in [2.75, 3.05) is 45.3 Å². The summed E-state index contributed by atoms with van der Waals surface area (Å²) in [5.41, 5.74) is 2.30. The zero-order valence-corrected chi connectivity index (χ0v) is 30.3. The highest BCUT2D eigenvalue weighted by atomic mass is 35.5. The van der Waals surface area contributed by atoms with Crippen LogP contribution in [-0.4, -0.2) is 82.2 Å². The second kappa shape index (κ2) is 15.2. The highest BCUT2D eigenvalue weighted by molar-refractivity contribution is 7.90. The molecule has 4 aliphatic rings. The molecule has 264 valence electrons. The third-order valence-electron chi connectivity index (χ3n) is 11.2. The zero-order valence-electron chi connectivity index (χ0n) is 28.7. The van der Waals surface area contributed by atoms with Crippen LogP contribution in [-0.2, 0) is 32.5 Å². The molecule has 5 atom stereocenters. The summed E-state index contributed by atoms with van der Waals surface area (Å²) in [7, 11) is 0.160. The molecule has 2 aromatic rings. The van der Waals surface area contributed by atoms with E-state index in [9.17, 15) is 13.2 Å². The lowest BCUT2D eigenvalue weighted by atomic mass is 9.65.